The van der Waals surface area contributed by atoms with Crippen LogP contribution in [-0.2, 0) is 13.0 Å². The third-order valence-electron chi connectivity index (χ3n) is 4.99. The first kappa shape index (κ1) is 16.0. The molecule has 2 aromatic heterocycles. The molecule has 0 bridgehead atoms. The highest BCUT2D eigenvalue weighted by molar-refractivity contribution is 5.78. The molecule has 6 nitrogen and oxygen atoms in total. The highest BCUT2D eigenvalue weighted by Gasteiger charge is 2.20. The van der Waals surface area contributed by atoms with Crippen LogP contribution in [0.4, 0.5) is 5.82 Å². The van der Waals surface area contributed by atoms with Crippen molar-refractivity contribution in [1.82, 2.24) is 25.5 Å². The van der Waals surface area contributed by atoms with E-state index in [-0.39, 0.29) is 0 Å². The summed E-state index contributed by atoms with van der Waals surface area (Å²) in [4.78, 5) is 11.1. The second-order valence-corrected chi connectivity index (χ2v) is 6.65. The SMILES string of the molecule is CCc1cc(N2CCC(NCc3ccc4[nH]ncc4c3)CC2)ncn1. The minimum atomic E-state index is 0.559. The minimum Gasteiger partial charge on any atom is -0.356 e. The summed E-state index contributed by atoms with van der Waals surface area (Å²) in [6, 6.07) is 9.14. The van der Waals surface area contributed by atoms with Gasteiger partial charge in [-0.3, -0.25) is 5.10 Å². The first-order chi connectivity index (χ1) is 12.3. The van der Waals surface area contributed by atoms with Crippen molar-refractivity contribution in [2.45, 2.75) is 38.8 Å². The summed E-state index contributed by atoms with van der Waals surface area (Å²) >= 11 is 0. The summed E-state index contributed by atoms with van der Waals surface area (Å²) in [5.74, 6) is 1.07. The van der Waals surface area contributed by atoms with E-state index in [2.05, 4.69) is 61.6 Å². The van der Waals surface area contributed by atoms with Crippen molar-refractivity contribution in [2.24, 2.45) is 0 Å². The Morgan fingerprint density at radius 1 is 1.20 bits per heavy atom. The standard InChI is InChI=1S/C19H24N6/c1-2-16-10-19(22-13-21-16)25-7-5-17(6-8-25)20-11-14-3-4-18-15(9-14)12-23-24-18/h3-4,9-10,12-13,17,20H,2,5-8,11H2,1H3,(H,23,24). The molecule has 25 heavy (non-hydrogen) atoms. The van der Waals surface area contributed by atoms with Crippen molar-refractivity contribution in [3.63, 3.8) is 0 Å². The molecule has 0 aliphatic carbocycles. The van der Waals surface area contributed by atoms with Crippen LogP contribution in [0, 0.1) is 0 Å². The quantitative estimate of drug-likeness (QED) is 0.750. The van der Waals surface area contributed by atoms with Gasteiger partial charge in [0.05, 0.1) is 11.7 Å². The van der Waals surface area contributed by atoms with Gasteiger partial charge < -0.3 is 10.2 Å². The Hall–Kier alpha value is -2.47. The number of aryl methyl sites for hydroxylation is 1. The number of aromatic amines is 1. The lowest BCUT2D eigenvalue weighted by atomic mass is 10.0. The van der Waals surface area contributed by atoms with E-state index in [0.29, 0.717) is 6.04 Å². The lowest BCUT2D eigenvalue weighted by molar-refractivity contribution is 0.412. The Labute approximate surface area is 147 Å². The molecule has 130 valence electrons. The topological polar surface area (TPSA) is 69.7 Å². The van der Waals surface area contributed by atoms with Crippen molar-refractivity contribution < 1.29 is 0 Å². The predicted molar refractivity (Wildman–Crippen MR) is 99.6 cm³/mol. The molecule has 0 atom stereocenters. The van der Waals surface area contributed by atoms with Crippen LogP contribution in [0.1, 0.15) is 31.0 Å². The van der Waals surface area contributed by atoms with Gasteiger partial charge in [0, 0.05) is 42.8 Å². The average molecular weight is 336 g/mol. The van der Waals surface area contributed by atoms with Crippen LogP contribution in [0.15, 0.2) is 36.8 Å². The van der Waals surface area contributed by atoms with Gasteiger partial charge in [-0.05, 0) is 37.0 Å². The van der Waals surface area contributed by atoms with E-state index < -0.39 is 0 Å². The maximum absolute atomic E-state index is 4.44. The smallest absolute Gasteiger partial charge is 0.132 e. The van der Waals surface area contributed by atoms with Gasteiger partial charge >= 0.3 is 0 Å². The van der Waals surface area contributed by atoms with Gasteiger partial charge in [-0.1, -0.05) is 13.0 Å². The van der Waals surface area contributed by atoms with Gasteiger partial charge in [-0.15, -0.1) is 0 Å². The zero-order valence-electron chi connectivity index (χ0n) is 14.6. The second kappa shape index (κ2) is 7.19. The highest BCUT2D eigenvalue weighted by Crippen LogP contribution is 2.19. The molecule has 1 aliphatic rings. The van der Waals surface area contributed by atoms with Crippen molar-refractivity contribution in [1.29, 1.82) is 0 Å². The van der Waals surface area contributed by atoms with Crippen LogP contribution < -0.4 is 10.2 Å². The molecule has 0 amide bonds. The van der Waals surface area contributed by atoms with Crippen molar-refractivity contribution >= 4 is 16.7 Å². The number of rotatable bonds is 5. The first-order valence-electron chi connectivity index (χ1n) is 9.03. The molecule has 0 radical (unpaired) electrons. The van der Waals surface area contributed by atoms with Crippen LogP contribution in [0.25, 0.3) is 10.9 Å². The molecular weight excluding hydrogens is 312 g/mol. The maximum Gasteiger partial charge on any atom is 0.132 e. The van der Waals surface area contributed by atoms with Gasteiger partial charge in [0.15, 0.2) is 0 Å². The largest absolute Gasteiger partial charge is 0.356 e. The van der Waals surface area contributed by atoms with E-state index in [1.165, 1.54) is 10.9 Å². The number of benzene rings is 1. The molecule has 6 heteroatoms. The number of anilines is 1. The fourth-order valence-electron chi connectivity index (χ4n) is 3.43. The highest BCUT2D eigenvalue weighted by atomic mass is 15.2. The number of hydrogen-bond donors (Lipinski definition) is 2. The number of piperidine rings is 1. The summed E-state index contributed by atoms with van der Waals surface area (Å²) in [6.45, 7) is 5.11. The van der Waals surface area contributed by atoms with Crippen LogP contribution in [-0.4, -0.2) is 39.3 Å². The van der Waals surface area contributed by atoms with Gasteiger partial charge in [-0.25, -0.2) is 9.97 Å². The van der Waals surface area contributed by atoms with Gasteiger partial charge in [0.25, 0.3) is 0 Å². The lowest BCUT2D eigenvalue weighted by Crippen LogP contribution is -2.42. The third-order valence-corrected chi connectivity index (χ3v) is 4.99. The molecule has 1 aromatic carbocycles. The van der Waals surface area contributed by atoms with Crippen molar-refractivity contribution in [3.05, 3.63) is 48.0 Å². The molecule has 3 aromatic rings. The fourth-order valence-corrected chi connectivity index (χ4v) is 3.43. The van der Waals surface area contributed by atoms with Gasteiger partial charge in [-0.2, -0.15) is 5.10 Å². The van der Waals surface area contributed by atoms with Crippen LogP contribution in [0.3, 0.4) is 0 Å². The Morgan fingerprint density at radius 3 is 2.92 bits per heavy atom. The zero-order valence-corrected chi connectivity index (χ0v) is 14.6. The zero-order chi connectivity index (χ0) is 17.1. The molecule has 0 spiro atoms. The van der Waals surface area contributed by atoms with Crippen LogP contribution in [0.5, 0.6) is 0 Å². The normalized spacial score (nSPS) is 15.8. The number of nitrogens with one attached hydrogen (secondary N) is 2. The summed E-state index contributed by atoms with van der Waals surface area (Å²) in [5.41, 5.74) is 3.51. The fraction of sp³-hybridized carbons (Fsp3) is 0.421. The van der Waals surface area contributed by atoms with E-state index in [0.717, 1.165) is 55.9 Å². The van der Waals surface area contributed by atoms with Gasteiger partial charge in [0.2, 0.25) is 0 Å². The summed E-state index contributed by atoms with van der Waals surface area (Å²) in [6.07, 6.45) is 6.79. The van der Waals surface area contributed by atoms with Crippen molar-refractivity contribution in [2.75, 3.05) is 18.0 Å². The molecule has 0 saturated carbocycles. The third kappa shape index (κ3) is 3.64. The first-order valence-corrected chi connectivity index (χ1v) is 9.03. The molecule has 2 N–H and O–H groups in total. The summed E-state index contributed by atoms with van der Waals surface area (Å²) < 4.78 is 0. The van der Waals surface area contributed by atoms with E-state index in [1.807, 2.05) is 6.20 Å². The average Bonchev–Trinajstić information content (AvgIpc) is 3.14. The molecule has 3 heterocycles. The van der Waals surface area contributed by atoms with Crippen LogP contribution >= 0.6 is 0 Å². The van der Waals surface area contributed by atoms with Gasteiger partial charge in [0.1, 0.15) is 12.1 Å². The summed E-state index contributed by atoms with van der Waals surface area (Å²) in [7, 11) is 0. The molecule has 1 saturated heterocycles. The van der Waals surface area contributed by atoms with E-state index in [9.17, 15) is 0 Å². The Bertz CT molecular complexity index is 835. The Kier molecular flexibility index (Phi) is 4.61. The number of H-pyrrole nitrogens is 1. The maximum atomic E-state index is 4.44. The monoisotopic (exact) mass is 336 g/mol. The number of hydrogen-bond acceptors (Lipinski definition) is 5. The van der Waals surface area contributed by atoms with E-state index in [1.54, 1.807) is 6.33 Å². The molecule has 1 aliphatic heterocycles. The molecule has 4 rings (SSSR count). The van der Waals surface area contributed by atoms with E-state index >= 15 is 0 Å². The van der Waals surface area contributed by atoms with E-state index in [4.69, 9.17) is 0 Å². The Balaban J connectivity index is 1.31. The lowest BCUT2D eigenvalue weighted by Gasteiger charge is -2.33. The number of fused-ring (bicyclic) bond motifs is 1. The summed E-state index contributed by atoms with van der Waals surface area (Å²) in [5, 5.41) is 11.9. The van der Waals surface area contributed by atoms with Crippen molar-refractivity contribution in [3.8, 4) is 0 Å². The molecule has 0 unspecified atom stereocenters. The number of aromatic nitrogens is 4. The molecular formula is C19H24N6. The minimum absolute atomic E-state index is 0.559. The second-order valence-electron chi connectivity index (χ2n) is 6.65. The Morgan fingerprint density at radius 2 is 2.08 bits per heavy atom. The number of nitrogens with zero attached hydrogens (tertiary/aromatic N) is 4. The van der Waals surface area contributed by atoms with Crippen LogP contribution in [0.2, 0.25) is 0 Å². The predicted octanol–water partition coefficient (Wildman–Crippen LogP) is 2.67. The molecule has 1 fully saturated rings.